The van der Waals surface area contributed by atoms with Gasteiger partial charge >= 0.3 is 0 Å². The Hall–Kier alpha value is -1.69. The van der Waals surface area contributed by atoms with Crippen molar-refractivity contribution in [3.05, 3.63) is 47.5 Å². The van der Waals surface area contributed by atoms with Gasteiger partial charge in [0.1, 0.15) is 11.5 Å². The van der Waals surface area contributed by atoms with Crippen LogP contribution in [0.15, 0.2) is 34.1 Å². The van der Waals surface area contributed by atoms with Crippen LogP contribution in [-0.4, -0.2) is 0 Å². The zero-order valence-corrected chi connectivity index (χ0v) is 9.45. The van der Waals surface area contributed by atoms with Crippen LogP contribution < -0.4 is 4.74 Å². The van der Waals surface area contributed by atoms with Crippen molar-refractivity contribution < 1.29 is 22.3 Å². The molecular weight excluding hydrogens is 268 g/mol. The molecule has 3 rings (SSSR count). The summed E-state index contributed by atoms with van der Waals surface area (Å²) in [6, 6.07) is 3.67. The molecule has 1 aliphatic heterocycles. The van der Waals surface area contributed by atoms with Crippen molar-refractivity contribution >= 4 is 11.8 Å². The van der Waals surface area contributed by atoms with Crippen molar-refractivity contribution in [3.8, 4) is 11.5 Å². The minimum absolute atomic E-state index is 0.0809. The van der Waals surface area contributed by atoms with Gasteiger partial charge in [-0.3, -0.25) is 0 Å². The molecule has 0 aromatic heterocycles. The average molecular weight is 272 g/mol. The lowest BCUT2D eigenvalue weighted by atomic mass is 10.3. The molecule has 2 aromatic carbocycles. The molecule has 0 fully saturated rings. The standard InChI is InChI=1S/C12H4F4OS/c13-5-1-9-11(3-7(5)15)18-12-4-8(16)6(14)2-10(12)17-9/h1-4H. The molecule has 2 aromatic rings. The third kappa shape index (κ3) is 1.73. The number of benzene rings is 2. The molecular formula is C12H4F4OS. The molecule has 0 saturated carbocycles. The van der Waals surface area contributed by atoms with Crippen molar-refractivity contribution in [2.75, 3.05) is 0 Å². The second-order valence-corrected chi connectivity index (χ2v) is 4.71. The van der Waals surface area contributed by atoms with Crippen molar-refractivity contribution in [2.45, 2.75) is 9.79 Å². The smallest absolute Gasteiger partial charge is 0.162 e. The van der Waals surface area contributed by atoms with E-state index in [0.29, 0.717) is 9.79 Å². The Bertz CT molecular complexity index is 546. The Kier molecular flexibility index (Phi) is 2.48. The lowest BCUT2D eigenvalue weighted by Crippen LogP contribution is -1.99. The summed E-state index contributed by atoms with van der Waals surface area (Å²) in [4.78, 5) is 0.625. The summed E-state index contributed by atoms with van der Waals surface area (Å²) in [6.07, 6.45) is 0. The van der Waals surface area contributed by atoms with Crippen LogP contribution in [0.25, 0.3) is 0 Å². The number of hydrogen-bond acceptors (Lipinski definition) is 2. The zero-order valence-electron chi connectivity index (χ0n) is 8.64. The minimum atomic E-state index is -1.06. The second kappa shape index (κ2) is 3.91. The Morgan fingerprint density at radius 2 is 1.06 bits per heavy atom. The topological polar surface area (TPSA) is 9.23 Å². The Labute approximate surface area is 103 Å². The molecule has 0 radical (unpaired) electrons. The molecule has 0 aliphatic carbocycles. The van der Waals surface area contributed by atoms with E-state index in [4.69, 9.17) is 4.74 Å². The van der Waals surface area contributed by atoms with Crippen molar-refractivity contribution in [3.63, 3.8) is 0 Å². The third-order valence-electron chi connectivity index (χ3n) is 2.41. The molecule has 92 valence electrons. The van der Waals surface area contributed by atoms with Gasteiger partial charge in [0.25, 0.3) is 0 Å². The number of fused-ring (bicyclic) bond motifs is 2. The molecule has 1 aliphatic rings. The molecule has 0 atom stereocenters. The van der Waals surface area contributed by atoms with Crippen LogP contribution in [0, 0.1) is 23.3 Å². The Balaban J connectivity index is 2.12. The molecule has 6 heteroatoms. The van der Waals surface area contributed by atoms with Gasteiger partial charge in [-0.2, -0.15) is 0 Å². The largest absolute Gasteiger partial charge is 0.455 e. The number of ether oxygens (including phenoxy) is 1. The van der Waals surface area contributed by atoms with Gasteiger partial charge in [-0.25, -0.2) is 17.6 Å². The van der Waals surface area contributed by atoms with Crippen LogP contribution in [0.4, 0.5) is 17.6 Å². The fraction of sp³-hybridized carbons (Fsp3) is 0. The molecule has 1 heterocycles. The van der Waals surface area contributed by atoms with Crippen LogP contribution in [0.5, 0.6) is 11.5 Å². The van der Waals surface area contributed by atoms with E-state index >= 15 is 0 Å². The summed E-state index contributed by atoms with van der Waals surface area (Å²) in [5, 5.41) is 0. The van der Waals surface area contributed by atoms with E-state index in [1.165, 1.54) is 0 Å². The first kappa shape index (κ1) is 11.4. The van der Waals surface area contributed by atoms with Crippen molar-refractivity contribution in [2.24, 2.45) is 0 Å². The number of rotatable bonds is 0. The van der Waals surface area contributed by atoms with Gasteiger partial charge in [-0.15, -0.1) is 0 Å². The summed E-state index contributed by atoms with van der Waals surface area (Å²) in [7, 11) is 0. The molecule has 0 N–H and O–H groups in total. The summed E-state index contributed by atoms with van der Waals surface area (Å²) in [5.41, 5.74) is 0. The van der Waals surface area contributed by atoms with Crippen molar-refractivity contribution in [1.29, 1.82) is 0 Å². The second-order valence-electron chi connectivity index (χ2n) is 3.63. The maximum absolute atomic E-state index is 13.0. The minimum Gasteiger partial charge on any atom is -0.455 e. The lowest BCUT2D eigenvalue weighted by Gasteiger charge is -2.19. The predicted octanol–water partition coefficient (Wildman–Crippen LogP) is 4.50. The SMILES string of the molecule is Fc1cc2c(cc1F)Sc1cc(F)c(F)cc1O2. The lowest BCUT2D eigenvalue weighted by molar-refractivity contribution is 0.424. The van der Waals surface area contributed by atoms with Crippen LogP contribution in [0.2, 0.25) is 0 Å². The maximum atomic E-state index is 13.0. The first-order chi connectivity index (χ1) is 8.54. The first-order valence-corrected chi connectivity index (χ1v) is 5.70. The Morgan fingerprint density at radius 3 is 1.50 bits per heavy atom. The molecule has 18 heavy (non-hydrogen) atoms. The van der Waals surface area contributed by atoms with Gasteiger partial charge in [-0.1, -0.05) is 11.8 Å². The highest BCUT2D eigenvalue weighted by Crippen LogP contribution is 2.47. The quantitative estimate of drug-likeness (QED) is 0.557. The first-order valence-electron chi connectivity index (χ1n) is 4.88. The molecule has 0 unspecified atom stereocenters. The van der Waals surface area contributed by atoms with Gasteiger partial charge < -0.3 is 4.74 Å². The van der Waals surface area contributed by atoms with Gasteiger partial charge in [0.05, 0.1) is 9.79 Å². The van der Waals surface area contributed by atoms with Crippen LogP contribution in [0.1, 0.15) is 0 Å². The summed E-state index contributed by atoms with van der Waals surface area (Å²) >= 11 is 0.990. The van der Waals surface area contributed by atoms with Gasteiger partial charge in [0.2, 0.25) is 0 Å². The van der Waals surface area contributed by atoms with Crippen LogP contribution in [0.3, 0.4) is 0 Å². The maximum Gasteiger partial charge on any atom is 0.162 e. The summed E-state index contributed by atoms with van der Waals surface area (Å²) in [5.74, 6) is -3.98. The fourth-order valence-corrected chi connectivity index (χ4v) is 2.54. The highest BCUT2D eigenvalue weighted by atomic mass is 32.2. The van der Waals surface area contributed by atoms with E-state index in [1.807, 2.05) is 0 Å². The van der Waals surface area contributed by atoms with Gasteiger partial charge in [0.15, 0.2) is 23.3 Å². The summed E-state index contributed by atoms with van der Waals surface area (Å²) in [6.45, 7) is 0. The molecule has 0 saturated heterocycles. The number of halogens is 4. The predicted molar refractivity (Wildman–Crippen MR) is 56.9 cm³/mol. The van der Waals surface area contributed by atoms with Gasteiger partial charge in [-0.05, 0) is 12.1 Å². The van der Waals surface area contributed by atoms with Crippen molar-refractivity contribution in [1.82, 2.24) is 0 Å². The molecule has 0 spiro atoms. The van der Waals surface area contributed by atoms with Gasteiger partial charge in [0, 0.05) is 12.1 Å². The van der Waals surface area contributed by atoms with E-state index in [1.54, 1.807) is 0 Å². The van der Waals surface area contributed by atoms with E-state index in [2.05, 4.69) is 0 Å². The van der Waals surface area contributed by atoms with E-state index < -0.39 is 23.3 Å². The molecule has 1 nitrogen and oxygen atoms in total. The van der Waals surface area contributed by atoms with E-state index in [-0.39, 0.29) is 11.5 Å². The molecule has 0 amide bonds. The Morgan fingerprint density at radius 1 is 0.667 bits per heavy atom. The van der Waals surface area contributed by atoms with E-state index in [0.717, 1.165) is 36.0 Å². The average Bonchev–Trinajstić information content (AvgIpc) is 2.31. The highest BCUT2D eigenvalue weighted by molar-refractivity contribution is 7.99. The monoisotopic (exact) mass is 272 g/mol. The highest BCUT2D eigenvalue weighted by Gasteiger charge is 2.22. The van der Waals surface area contributed by atoms with Crippen LogP contribution >= 0.6 is 11.8 Å². The number of hydrogen-bond donors (Lipinski definition) is 0. The van der Waals surface area contributed by atoms with E-state index in [9.17, 15) is 17.6 Å². The summed E-state index contributed by atoms with van der Waals surface area (Å²) < 4.78 is 57.4. The fourth-order valence-electron chi connectivity index (χ4n) is 1.58. The molecule has 0 bridgehead atoms. The normalized spacial score (nSPS) is 12.7. The van der Waals surface area contributed by atoms with Crippen LogP contribution in [-0.2, 0) is 0 Å². The zero-order chi connectivity index (χ0) is 12.9. The third-order valence-corrected chi connectivity index (χ3v) is 3.49.